The summed E-state index contributed by atoms with van der Waals surface area (Å²) < 4.78 is 12.5. The molecular weight excluding hydrogens is 354 g/mol. The molecular formula is C21H33N5O2. The Hall–Kier alpha value is -2.54. The van der Waals surface area contributed by atoms with Crippen molar-refractivity contribution in [3.05, 3.63) is 46.8 Å². The molecule has 0 bridgehead atoms. The highest BCUT2D eigenvalue weighted by Gasteiger charge is 2.14. The molecule has 0 aliphatic rings. The lowest BCUT2D eigenvalue weighted by atomic mass is 10.1. The maximum absolute atomic E-state index is 5.59. The zero-order chi connectivity index (χ0) is 20.5. The van der Waals surface area contributed by atoms with Crippen LogP contribution in [0.5, 0.6) is 5.75 Å². The van der Waals surface area contributed by atoms with Gasteiger partial charge in [0.2, 0.25) is 0 Å². The molecule has 2 rings (SSSR count). The number of ether oxygens (including phenoxy) is 2. The number of benzene rings is 1. The number of hydrogen-bond acceptors (Lipinski definition) is 4. The first-order chi connectivity index (χ1) is 13.4. The van der Waals surface area contributed by atoms with Crippen LogP contribution in [0.4, 0.5) is 0 Å². The van der Waals surface area contributed by atoms with Crippen LogP contribution in [0.25, 0.3) is 0 Å². The standard InChI is InChI=1S/C21H33N5O2/c1-15(13-20-16(2)25-26(5)17(20)3)24-21(22-4)23-14-18-7-9-19(10-8-18)28-12-11-27-6/h7-10,15H,11-14H2,1-6H3,(H2,22,23,24). The second-order valence-corrected chi connectivity index (χ2v) is 6.93. The van der Waals surface area contributed by atoms with Gasteiger partial charge in [-0.2, -0.15) is 5.10 Å². The number of guanidine groups is 1. The summed E-state index contributed by atoms with van der Waals surface area (Å²) in [4.78, 5) is 4.34. The van der Waals surface area contributed by atoms with Gasteiger partial charge >= 0.3 is 0 Å². The number of aromatic nitrogens is 2. The molecule has 0 radical (unpaired) electrons. The molecule has 0 saturated carbocycles. The molecule has 1 unspecified atom stereocenters. The Bertz CT molecular complexity index is 768. The SMILES string of the molecule is CN=C(NCc1ccc(OCCOC)cc1)NC(C)Cc1c(C)nn(C)c1C. The van der Waals surface area contributed by atoms with Crippen LogP contribution in [0.15, 0.2) is 29.3 Å². The Morgan fingerprint density at radius 3 is 2.50 bits per heavy atom. The quantitative estimate of drug-likeness (QED) is 0.393. The average molecular weight is 388 g/mol. The van der Waals surface area contributed by atoms with E-state index in [1.165, 1.54) is 11.3 Å². The maximum Gasteiger partial charge on any atom is 0.191 e. The Balaban J connectivity index is 1.83. The molecule has 7 heteroatoms. The Kier molecular flexibility index (Phi) is 8.32. The Morgan fingerprint density at radius 2 is 1.93 bits per heavy atom. The first-order valence-electron chi connectivity index (χ1n) is 9.61. The smallest absolute Gasteiger partial charge is 0.191 e. The van der Waals surface area contributed by atoms with Gasteiger partial charge in [0.15, 0.2) is 5.96 Å². The van der Waals surface area contributed by atoms with Gasteiger partial charge in [0.25, 0.3) is 0 Å². The molecule has 28 heavy (non-hydrogen) atoms. The number of hydrogen-bond donors (Lipinski definition) is 2. The molecule has 2 aromatic rings. The third kappa shape index (κ3) is 6.27. The van der Waals surface area contributed by atoms with Crippen LogP contribution in [0.3, 0.4) is 0 Å². The van der Waals surface area contributed by atoms with E-state index in [1.807, 2.05) is 36.0 Å². The van der Waals surface area contributed by atoms with Crippen molar-refractivity contribution in [1.29, 1.82) is 0 Å². The summed E-state index contributed by atoms with van der Waals surface area (Å²) in [5.74, 6) is 1.63. The van der Waals surface area contributed by atoms with E-state index < -0.39 is 0 Å². The predicted molar refractivity (Wildman–Crippen MR) is 113 cm³/mol. The Morgan fingerprint density at radius 1 is 1.21 bits per heavy atom. The van der Waals surface area contributed by atoms with Crippen molar-refractivity contribution in [3.63, 3.8) is 0 Å². The van der Waals surface area contributed by atoms with Crippen LogP contribution in [-0.2, 0) is 24.8 Å². The van der Waals surface area contributed by atoms with E-state index in [2.05, 4.69) is 41.5 Å². The molecule has 0 aliphatic carbocycles. The van der Waals surface area contributed by atoms with Crippen LogP contribution in [0.1, 0.15) is 29.4 Å². The van der Waals surface area contributed by atoms with Gasteiger partial charge in [0, 0.05) is 39.5 Å². The second kappa shape index (κ2) is 10.7. The lowest BCUT2D eigenvalue weighted by Crippen LogP contribution is -2.42. The summed E-state index contributed by atoms with van der Waals surface area (Å²) in [7, 11) is 5.44. The Labute approximate surface area is 168 Å². The third-order valence-corrected chi connectivity index (χ3v) is 4.72. The van der Waals surface area contributed by atoms with Crippen molar-refractivity contribution < 1.29 is 9.47 Å². The van der Waals surface area contributed by atoms with Crippen molar-refractivity contribution in [3.8, 4) is 5.75 Å². The van der Waals surface area contributed by atoms with E-state index in [9.17, 15) is 0 Å². The number of rotatable bonds is 9. The monoisotopic (exact) mass is 387 g/mol. The van der Waals surface area contributed by atoms with Crippen molar-refractivity contribution in [2.45, 2.75) is 39.8 Å². The van der Waals surface area contributed by atoms with Crippen molar-refractivity contribution in [1.82, 2.24) is 20.4 Å². The molecule has 154 valence electrons. The minimum atomic E-state index is 0.240. The van der Waals surface area contributed by atoms with E-state index in [0.717, 1.165) is 29.4 Å². The van der Waals surface area contributed by atoms with Gasteiger partial charge in [0.1, 0.15) is 12.4 Å². The fourth-order valence-corrected chi connectivity index (χ4v) is 3.03. The van der Waals surface area contributed by atoms with Gasteiger partial charge < -0.3 is 20.1 Å². The highest BCUT2D eigenvalue weighted by Crippen LogP contribution is 2.14. The molecule has 0 amide bonds. The van der Waals surface area contributed by atoms with Crippen LogP contribution < -0.4 is 15.4 Å². The summed E-state index contributed by atoms with van der Waals surface area (Å²) in [5, 5.41) is 11.3. The molecule has 0 saturated heterocycles. The topological polar surface area (TPSA) is 72.7 Å². The summed E-state index contributed by atoms with van der Waals surface area (Å²) in [5.41, 5.74) is 4.75. The lowest BCUT2D eigenvalue weighted by molar-refractivity contribution is 0.146. The number of methoxy groups -OCH3 is 1. The molecule has 1 aromatic carbocycles. The van der Waals surface area contributed by atoms with Crippen molar-refractivity contribution >= 4 is 5.96 Å². The molecule has 7 nitrogen and oxygen atoms in total. The van der Waals surface area contributed by atoms with Crippen LogP contribution >= 0.6 is 0 Å². The van der Waals surface area contributed by atoms with Gasteiger partial charge in [-0.25, -0.2) is 0 Å². The van der Waals surface area contributed by atoms with E-state index in [4.69, 9.17) is 9.47 Å². The number of nitrogens with zero attached hydrogens (tertiary/aromatic N) is 3. The van der Waals surface area contributed by atoms with E-state index >= 15 is 0 Å². The van der Waals surface area contributed by atoms with Gasteiger partial charge in [-0.3, -0.25) is 9.67 Å². The van der Waals surface area contributed by atoms with Crippen LogP contribution in [0.2, 0.25) is 0 Å². The summed E-state index contributed by atoms with van der Waals surface area (Å²) in [6.07, 6.45) is 0.902. The zero-order valence-corrected chi connectivity index (χ0v) is 17.9. The third-order valence-electron chi connectivity index (χ3n) is 4.72. The minimum absolute atomic E-state index is 0.240. The molecule has 0 aliphatic heterocycles. The van der Waals surface area contributed by atoms with Gasteiger partial charge in [0.05, 0.1) is 12.3 Å². The lowest BCUT2D eigenvalue weighted by Gasteiger charge is -2.18. The summed E-state index contributed by atoms with van der Waals surface area (Å²) >= 11 is 0. The van der Waals surface area contributed by atoms with Crippen molar-refractivity contribution in [2.75, 3.05) is 27.4 Å². The van der Waals surface area contributed by atoms with Gasteiger partial charge in [-0.05, 0) is 50.5 Å². The molecule has 0 fully saturated rings. The fraction of sp³-hybridized carbons (Fsp3) is 0.524. The van der Waals surface area contributed by atoms with E-state index in [1.54, 1.807) is 14.2 Å². The summed E-state index contributed by atoms with van der Waals surface area (Å²) in [6.45, 7) is 8.16. The van der Waals surface area contributed by atoms with E-state index in [-0.39, 0.29) is 6.04 Å². The molecule has 1 aromatic heterocycles. The molecule has 0 spiro atoms. The first kappa shape index (κ1) is 21.8. The number of nitrogens with one attached hydrogen (secondary N) is 2. The van der Waals surface area contributed by atoms with Gasteiger partial charge in [-0.1, -0.05) is 12.1 Å². The average Bonchev–Trinajstić information content (AvgIpc) is 2.92. The van der Waals surface area contributed by atoms with Crippen molar-refractivity contribution in [2.24, 2.45) is 12.0 Å². The van der Waals surface area contributed by atoms with Crippen LogP contribution in [-0.4, -0.2) is 49.2 Å². The highest BCUT2D eigenvalue weighted by molar-refractivity contribution is 5.79. The number of aryl methyl sites for hydroxylation is 2. The van der Waals surface area contributed by atoms with E-state index in [0.29, 0.717) is 19.8 Å². The second-order valence-electron chi connectivity index (χ2n) is 6.93. The largest absolute Gasteiger partial charge is 0.491 e. The molecule has 2 N–H and O–H groups in total. The van der Waals surface area contributed by atoms with Gasteiger partial charge in [-0.15, -0.1) is 0 Å². The fourth-order valence-electron chi connectivity index (χ4n) is 3.03. The zero-order valence-electron chi connectivity index (χ0n) is 17.9. The maximum atomic E-state index is 5.59. The normalized spacial score (nSPS) is 12.7. The minimum Gasteiger partial charge on any atom is -0.491 e. The molecule has 1 heterocycles. The first-order valence-corrected chi connectivity index (χ1v) is 9.61. The highest BCUT2D eigenvalue weighted by atomic mass is 16.5. The predicted octanol–water partition coefficient (Wildman–Crippen LogP) is 2.36. The number of aliphatic imine (C=N–C) groups is 1. The summed E-state index contributed by atoms with van der Waals surface area (Å²) in [6, 6.07) is 8.28. The van der Waals surface area contributed by atoms with Crippen LogP contribution in [0, 0.1) is 13.8 Å². The molecule has 1 atom stereocenters.